The summed E-state index contributed by atoms with van der Waals surface area (Å²) in [4.78, 5) is 31.3. The number of aromatic nitrogens is 4. The second-order valence-corrected chi connectivity index (χ2v) is 6.97. The predicted octanol–water partition coefficient (Wildman–Crippen LogP) is 2.14. The Hall–Kier alpha value is -2.68. The van der Waals surface area contributed by atoms with Crippen LogP contribution in [0.5, 0.6) is 0 Å². The summed E-state index contributed by atoms with van der Waals surface area (Å²) in [5.74, 6) is -0.689. The van der Waals surface area contributed by atoms with Gasteiger partial charge in [-0.25, -0.2) is 9.50 Å². The number of nitrogens with zero attached hydrogens (tertiary/aromatic N) is 3. The molecule has 3 heterocycles. The van der Waals surface area contributed by atoms with Crippen LogP contribution < -0.4 is 10.9 Å². The minimum atomic E-state index is -0.411. The van der Waals surface area contributed by atoms with E-state index in [1.54, 1.807) is 16.8 Å². The molecule has 3 aromatic rings. The maximum atomic E-state index is 12.1. The molecular weight excluding hydrogens is 400 g/mol. The Kier molecular flexibility index (Phi) is 5.08. The van der Waals surface area contributed by atoms with Crippen molar-refractivity contribution in [1.29, 1.82) is 0 Å². The number of hydrazine groups is 1. The van der Waals surface area contributed by atoms with E-state index in [9.17, 15) is 9.59 Å². The molecule has 0 saturated carbocycles. The van der Waals surface area contributed by atoms with Crippen molar-refractivity contribution in [1.82, 2.24) is 30.4 Å². The molecule has 9 heteroatoms. The standard InChI is InChI=1S/C17H19BrN6O2/c1-9-6-15-20-10(2)13(11(3)24(15)23-9)4-5-16(25)21-22-17(26)14-7-12(18)8-19-14/h6-8,19H,4-5H2,1-3H3,(H,21,25)(H,22,26). The average molecular weight is 419 g/mol. The molecule has 3 aromatic heterocycles. The quantitative estimate of drug-likeness (QED) is 0.564. The van der Waals surface area contributed by atoms with Crippen molar-refractivity contribution in [3.8, 4) is 0 Å². The van der Waals surface area contributed by atoms with Gasteiger partial charge < -0.3 is 4.98 Å². The lowest BCUT2D eigenvalue weighted by molar-refractivity contribution is -0.121. The van der Waals surface area contributed by atoms with Gasteiger partial charge in [0.15, 0.2) is 5.65 Å². The van der Waals surface area contributed by atoms with Gasteiger partial charge in [0.1, 0.15) is 5.69 Å². The van der Waals surface area contributed by atoms with Crippen molar-refractivity contribution >= 4 is 33.4 Å². The first kappa shape index (κ1) is 18.1. The van der Waals surface area contributed by atoms with Crippen LogP contribution in [0.3, 0.4) is 0 Å². The molecule has 26 heavy (non-hydrogen) atoms. The zero-order chi connectivity index (χ0) is 18.8. The highest BCUT2D eigenvalue weighted by Gasteiger charge is 2.14. The van der Waals surface area contributed by atoms with E-state index in [1.807, 2.05) is 26.8 Å². The van der Waals surface area contributed by atoms with E-state index < -0.39 is 5.91 Å². The summed E-state index contributed by atoms with van der Waals surface area (Å²) in [5, 5.41) is 4.43. The summed E-state index contributed by atoms with van der Waals surface area (Å²) in [7, 11) is 0. The van der Waals surface area contributed by atoms with Crippen LogP contribution in [0.1, 0.15) is 39.6 Å². The van der Waals surface area contributed by atoms with Crippen molar-refractivity contribution in [3.63, 3.8) is 0 Å². The highest BCUT2D eigenvalue weighted by Crippen LogP contribution is 2.17. The molecule has 0 aromatic carbocycles. The van der Waals surface area contributed by atoms with Crippen LogP contribution in [0.2, 0.25) is 0 Å². The Morgan fingerprint density at radius 3 is 2.69 bits per heavy atom. The fourth-order valence-electron chi connectivity index (χ4n) is 2.80. The molecule has 136 valence electrons. The number of halogens is 1. The minimum absolute atomic E-state index is 0.226. The number of nitrogens with one attached hydrogen (secondary N) is 3. The van der Waals surface area contributed by atoms with Gasteiger partial charge in [-0.1, -0.05) is 0 Å². The lowest BCUT2D eigenvalue weighted by Crippen LogP contribution is -2.41. The van der Waals surface area contributed by atoms with Gasteiger partial charge in [0.25, 0.3) is 5.91 Å². The first-order chi connectivity index (χ1) is 12.3. The van der Waals surface area contributed by atoms with Gasteiger partial charge >= 0.3 is 0 Å². The van der Waals surface area contributed by atoms with Gasteiger partial charge in [0.05, 0.1) is 5.69 Å². The Balaban J connectivity index is 1.61. The number of carbonyl (C=O) groups excluding carboxylic acids is 2. The smallest absolute Gasteiger partial charge is 0.286 e. The Bertz CT molecular complexity index is 991. The van der Waals surface area contributed by atoms with Gasteiger partial charge in [0.2, 0.25) is 5.91 Å². The van der Waals surface area contributed by atoms with E-state index in [0.717, 1.165) is 32.8 Å². The van der Waals surface area contributed by atoms with Crippen LogP contribution in [-0.4, -0.2) is 31.4 Å². The number of amides is 2. The van der Waals surface area contributed by atoms with E-state index >= 15 is 0 Å². The number of H-pyrrole nitrogens is 1. The van der Waals surface area contributed by atoms with E-state index in [-0.39, 0.29) is 12.3 Å². The van der Waals surface area contributed by atoms with Gasteiger partial charge in [-0.3, -0.25) is 20.4 Å². The minimum Gasteiger partial charge on any atom is -0.356 e. The molecule has 0 aliphatic heterocycles. The Labute approximate surface area is 158 Å². The second kappa shape index (κ2) is 7.28. The number of aromatic amines is 1. The van der Waals surface area contributed by atoms with Gasteiger partial charge in [-0.05, 0) is 54.8 Å². The predicted molar refractivity (Wildman–Crippen MR) is 99.6 cm³/mol. The highest BCUT2D eigenvalue weighted by atomic mass is 79.9. The van der Waals surface area contributed by atoms with Crippen LogP contribution in [0, 0.1) is 20.8 Å². The first-order valence-electron chi connectivity index (χ1n) is 8.10. The Morgan fingerprint density at radius 2 is 2.00 bits per heavy atom. The fourth-order valence-corrected chi connectivity index (χ4v) is 3.14. The lowest BCUT2D eigenvalue weighted by atomic mass is 10.1. The molecule has 0 saturated heterocycles. The molecule has 0 fully saturated rings. The Morgan fingerprint density at radius 1 is 1.23 bits per heavy atom. The molecule has 0 bridgehead atoms. The van der Waals surface area contributed by atoms with Gasteiger partial charge in [-0.2, -0.15) is 5.10 Å². The topological polar surface area (TPSA) is 104 Å². The normalized spacial score (nSPS) is 10.9. The third-order valence-corrected chi connectivity index (χ3v) is 4.55. The monoisotopic (exact) mass is 418 g/mol. The number of carbonyl (C=O) groups is 2. The summed E-state index contributed by atoms with van der Waals surface area (Å²) in [6.45, 7) is 5.81. The molecule has 0 aliphatic carbocycles. The molecule has 2 amide bonds. The molecule has 0 aliphatic rings. The van der Waals surface area contributed by atoms with Crippen molar-refractivity contribution in [2.24, 2.45) is 0 Å². The van der Waals surface area contributed by atoms with Gasteiger partial charge in [-0.15, -0.1) is 0 Å². The van der Waals surface area contributed by atoms with E-state index in [1.165, 1.54) is 0 Å². The number of aryl methyl sites for hydroxylation is 3. The summed E-state index contributed by atoms with van der Waals surface area (Å²) in [5.41, 5.74) is 9.69. The zero-order valence-corrected chi connectivity index (χ0v) is 16.3. The third kappa shape index (κ3) is 3.77. The zero-order valence-electron chi connectivity index (χ0n) is 14.7. The van der Waals surface area contributed by atoms with Crippen LogP contribution in [0.15, 0.2) is 22.8 Å². The summed E-state index contributed by atoms with van der Waals surface area (Å²) in [6.07, 6.45) is 2.38. The van der Waals surface area contributed by atoms with E-state index in [0.29, 0.717) is 12.1 Å². The van der Waals surface area contributed by atoms with Crippen molar-refractivity contribution in [2.75, 3.05) is 0 Å². The summed E-state index contributed by atoms with van der Waals surface area (Å²) in [6, 6.07) is 3.55. The molecule has 3 rings (SSSR count). The number of fused-ring (bicyclic) bond motifs is 1. The lowest BCUT2D eigenvalue weighted by Gasteiger charge is -2.11. The molecule has 0 atom stereocenters. The molecule has 0 unspecified atom stereocenters. The van der Waals surface area contributed by atoms with Crippen molar-refractivity contribution < 1.29 is 9.59 Å². The average Bonchev–Trinajstić information content (AvgIpc) is 3.17. The van der Waals surface area contributed by atoms with E-state index in [4.69, 9.17) is 0 Å². The van der Waals surface area contributed by atoms with Crippen LogP contribution in [0.4, 0.5) is 0 Å². The molecule has 8 nitrogen and oxygen atoms in total. The van der Waals surface area contributed by atoms with Crippen molar-refractivity contribution in [3.05, 3.63) is 51.1 Å². The molecular formula is C17H19BrN6O2. The van der Waals surface area contributed by atoms with Crippen molar-refractivity contribution in [2.45, 2.75) is 33.6 Å². The number of rotatable bonds is 4. The van der Waals surface area contributed by atoms with Crippen LogP contribution in [-0.2, 0) is 11.2 Å². The maximum Gasteiger partial charge on any atom is 0.286 e. The summed E-state index contributed by atoms with van der Waals surface area (Å²) >= 11 is 3.25. The fraction of sp³-hybridized carbons (Fsp3) is 0.294. The largest absolute Gasteiger partial charge is 0.356 e. The number of hydrogen-bond donors (Lipinski definition) is 3. The third-order valence-electron chi connectivity index (χ3n) is 4.10. The molecule has 3 N–H and O–H groups in total. The highest BCUT2D eigenvalue weighted by molar-refractivity contribution is 9.10. The second-order valence-electron chi connectivity index (χ2n) is 6.05. The SMILES string of the molecule is Cc1cc2nc(C)c(CCC(=O)NNC(=O)c3cc(Br)c[nH]3)c(C)n2n1. The number of hydrogen-bond acceptors (Lipinski definition) is 4. The maximum absolute atomic E-state index is 12.1. The van der Waals surface area contributed by atoms with Crippen LogP contribution in [0.25, 0.3) is 5.65 Å². The molecule has 0 radical (unpaired) electrons. The van der Waals surface area contributed by atoms with E-state index in [2.05, 4.69) is 41.8 Å². The summed E-state index contributed by atoms with van der Waals surface area (Å²) < 4.78 is 2.55. The van der Waals surface area contributed by atoms with Gasteiger partial charge in [0, 0.05) is 34.5 Å². The van der Waals surface area contributed by atoms with Crippen LogP contribution >= 0.6 is 15.9 Å². The molecule has 0 spiro atoms. The first-order valence-corrected chi connectivity index (χ1v) is 8.90.